The fourth-order valence-corrected chi connectivity index (χ4v) is 24.8. The Hall–Kier alpha value is 1.03. The molecule has 2 unspecified atom stereocenters. The van der Waals surface area contributed by atoms with Crippen LogP contribution in [0.5, 0.6) is 0 Å². The van der Waals surface area contributed by atoms with Crippen LogP contribution in [0.15, 0.2) is 21.0 Å². The molecule has 206 valence electrons. The van der Waals surface area contributed by atoms with Crippen LogP contribution in [0.2, 0.25) is 42.0 Å². The molecule has 2 atom stereocenters. The third-order valence-corrected chi connectivity index (χ3v) is 32.9. The average molecular weight is 669 g/mol. The van der Waals surface area contributed by atoms with Gasteiger partial charge in [0.1, 0.15) is 0 Å². The van der Waals surface area contributed by atoms with Crippen molar-refractivity contribution in [2.24, 2.45) is 11.8 Å². The van der Waals surface area contributed by atoms with Crippen LogP contribution in [-0.2, 0) is 0 Å². The summed E-state index contributed by atoms with van der Waals surface area (Å²) < 4.78 is 0. The Labute approximate surface area is 234 Å². The van der Waals surface area contributed by atoms with Crippen LogP contribution < -0.4 is 0 Å². The van der Waals surface area contributed by atoms with E-state index in [0.717, 1.165) is 38.0 Å². The standard InChI is InChI=1S/2C13H26GeN.C4H10Ge/c2*1-5-13-9-14(6-2,7-3)8-12(4)10-15-11-13;1-3-5-4-2/h2*8,13H,5-7,9-11H2,1-4H3;3-4H2,1-2H3/q2*-1;/b2*12-8-;. The first-order valence-corrected chi connectivity index (χ1v) is 29.4. The van der Waals surface area contributed by atoms with Gasteiger partial charge in [0, 0.05) is 0 Å². The van der Waals surface area contributed by atoms with Gasteiger partial charge < -0.3 is 0 Å². The molecule has 0 bridgehead atoms. The first-order chi connectivity index (χ1) is 16.7. The van der Waals surface area contributed by atoms with Crippen LogP contribution >= 0.6 is 0 Å². The Morgan fingerprint density at radius 3 is 1.23 bits per heavy atom. The molecule has 0 saturated carbocycles. The monoisotopic (exact) mass is 672 g/mol. The van der Waals surface area contributed by atoms with Gasteiger partial charge >= 0.3 is 236 Å². The van der Waals surface area contributed by atoms with E-state index in [0.29, 0.717) is 15.4 Å². The topological polar surface area (TPSA) is 28.2 Å². The van der Waals surface area contributed by atoms with Gasteiger partial charge in [0.15, 0.2) is 0 Å². The summed E-state index contributed by atoms with van der Waals surface area (Å²) in [5.41, 5.74) is 3.10. The van der Waals surface area contributed by atoms with Crippen molar-refractivity contribution in [1.82, 2.24) is 0 Å². The van der Waals surface area contributed by atoms with Crippen molar-refractivity contribution in [3.8, 4) is 0 Å². The van der Waals surface area contributed by atoms with Crippen molar-refractivity contribution >= 4 is 42.0 Å². The van der Waals surface area contributed by atoms with E-state index in [2.05, 4.69) is 89.7 Å². The zero-order chi connectivity index (χ0) is 26.7. The first-order valence-electron chi connectivity index (χ1n) is 15.1. The van der Waals surface area contributed by atoms with Crippen molar-refractivity contribution in [2.75, 3.05) is 26.2 Å². The summed E-state index contributed by atoms with van der Waals surface area (Å²) in [6.07, 6.45) is 2.65. The van der Waals surface area contributed by atoms with Crippen molar-refractivity contribution < 1.29 is 0 Å². The molecule has 2 aliphatic heterocycles. The Balaban J connectivity index is 0.000000555. The molecule has 0 spiro atoms. The summed E-state index contributed by atoms with van der Waals surface area (Å²) in [6, 6.07) is 0. The third-order valence-electron chi connectivity index (χ3n) is 8.46. The molecule has 2 nitrogen and oxygen atoms in total. The van der Waals surface area contributed by atoms with Gasteiger partial charge in [-0.2, -0.15) is 0 Å². The Bertz CT molecular complexity index is 530. The molecule has 0 aromatic heterocycles. The van der Waals surface area contributed by atoms with Gasteiger partial charge in [-0.05, 0) is 0 Å². The summed E-state index contributed by atoms with van der Waals surface area (Å²) in [5.74, 6) is 1.77. The minimum absolute atomic E-state index is 0.528. The molecular weight excluding hydrogens is 606 g/mol. The van der Waals surface area contributed by atoms with E-state index in [-0.39, 0.29) is 0 Å². The molecule has 2 rings (SSSR count). The average Bonchev–Trinajstić information content (AvgIpc) is 2.85. The fraction of sp³-hybridized carbons (Fsp3) is 0.867. The van der Waals surface area contributed by atoms with Gasteiger partial charge in [-0.15, -0.1) is 0 Å². The molecular formula is C30H62Ge3N2-2. The maximum absolute atomic E-state index is 4.66. The molecule has 2 heterocycles. The number of nitrogens with zero attached hydrogens (tertiary/aromatic N) is 2. The van der Waals surface area contributed by atoms with E-state index in [9.17, 15) is 0 Å². The number of hydrogen-bond donors (Lipinski definition) is 0. The van der Waals surface area contributed by atoms with Crippen LogP contribution in [-0.4, -0.2) is 68.1 Å². The van der Waals surface area contributed by atoms with Crippen molar-refractivity contribution in [2.45, 2.75) is 124 Å². The van der Waals surface area contributed by atoms with Crippen LogP contribution in [0.1, 0.15) is 82.1 Å². The second kappa shape index (κ2) is 20.9. The molecule has 0 fully saturated rings. The minimum atomic E-state index is -1.62. The van der Waals surface area contributed by atoms with Crippen LogP contribution in [0.3, 0.4) is 0 Å². The van der Waals surface area contributed by atoms with E-state index < -0.39 is 26.5 Å². The van der Waals surface area contributed by atoms with E-state index in [1.807, 2.05) is 0 Å². The fourth-order valence-electron chi connectivity index (χ4n) is 5.66. The summed E-state index contributed by atoms with van der Waals surface area (Å²) in [5, 5.41) is 21.1. The SMILES string of the molecule is CCC1C[N-]C/C(C)=[CH]\[Ge]([CH2]C)([CH2]C)[CH2]1.CCC1C[N-]C/C(C)=[CH]\[Ge]([CH2]C)([CH2]C)[CH2]1.C[CH2][Ge][CH2]C. The predicted molar refractivity (Wildman–Crippen MR) is 171 cm³/mol. The van der Waals surface area contributed by atoms with E-state index in [4.69, 9.17) is 0 Å². The van der Waals surface area contributed by atoms with E-state index in [1.54, 1.807) is 11.1 Å². The molecule has 2 aliphatic rings. The van der Waals surface area contributed by atoms with Gasteiger partial charge in [-0.3, -0.25) is 0 Å². The second-order valence-corrected chi connectivity index (χ2v) is 35.5. The van der Waals surface area contributed by atoms with Crippen molar-refractivity contribution in [1.29, 1.82) is 0 Å². The molecule has 0 amide bonds. The maximum atomic E-state index is 4.66. The number of hydrogen-bond acceptors (Lipinski definition) is 0. The van der Waals surface area contributed by atoms with Crippen molar-refractivity contribution in [3.05, 3.63) is 31.6 Å². The molecule has 0 saturated heterocycles. The van der Waals surface area contributed by atoms with Crippen molar-refractivity contribution in [3.63, 3.8) is 0 Å². The predicted octanol–water partition coefficient (Wildman–Crippen LogP) is 10.3. The summed E-state index contributed by atoms with van der Waals surface area (Å²) >= 11 is -2.72. The van der Waals surface area contributed by atoms with E-state index >= 15 is 0 Å². The molecule has 0 aromatic carbocycles. The molecule has 0 aliphatic carbocycles. The van der Waals surface area contributed by atoms with Gasteiger partial charge in [-0.25, -0.2) is 0 Å². The summed E-state index contributed by atoms with van der Waals surface area (Å²) in [6.45, 7) is 27.7. The summed E-state index contributed by atoms with van der Waals surface area (Å²) in [4.78, 5) is 5.40. The normalized spacial score (nSPS) is 27.0. The first kappa shape index (κ1) is 36.0. The molecule has 0 aromatic rings. The second-order valence-electron chi connectivity index (χ2n) is 11.2. The molecule has 0 N–H and O–H groups in total. The zero-order valence-electron chi connectivity index (χ0n) is 25.6. The number of rotatable bonds is 8. The van der Waals surface area contributed by atoms with Crippen LogP contribution in [0.25, 0.3) is 10.6 Å². The van der Waals surface area contributed by atoms with Gasteiger partial charge in [0.2, 0.25) is 0 Å². The summed E-state index contributed by atoms with van der Waals surface area (Å²) in [7, 11) is 0. The van der Waals surface area contributed by atoms with Crippen LogP contribution in [0, 0.1) is 11.8 Å². The Kier molecular flexibility index (Phi) is 21.5. The molecule has 5 heteroatoms. The Morgan fingerprint density at radius 1 is 0.657 bits per heavy atom. The molecule has 35 heavy (non-hydrogen) atoms. The molecule has 2 radical (unpaired) electrons. The van der Waals surface area contributed by atoms with Gasteiger partial charge in [0.05, 0.1) is 0 Å². The van der Waals surface area contributed by atoms with Crippen LogP contribution in [0.4, 0.5) is 0 Å². The quantitative estimate of drug-likeness (QED) is 0.230. The zero-order valence-corrected chi connectivity index (χ0v) is 31.9. The van der Waals surface area contributed by atoms with Gasteiger partial charge in [0.25, 0.3) is 0 Å². The van der Waals surface area contributed by atoms with E-state index in [1.165, 1.54) is 54.9 Å². The van der Waals surface area contributed by atoms with Gasteiger partial charge in [-0.1, -0.05) is 0 Å². The third kappa shape index (κ3) is 14.7. The Morgan fingerprint density at radius 2 is 1.00 bits per heavy atom.